The number of hydrogen-bond acceptors (Lipinski definition) is 8. The van der Waals surface area contributed by atoms with Gasteiger partial charge in [-0.05, 0) is 51.5 Å². The highest BCUT2D eigenvalue weighted by molar-refractivity contribution is 5.92. The van der Waals surface area contributed by atoms with E-state index in [2.05, 4.69) is 31.1 Å². The van der Waals surface area contributed by atoms with Gasteiger partial charge in [0.1, 0.15) is 22.5 Å². The minimum absolute atomic E-state index is 0.0723. The average molecular weight is 469 g/mol. The summed E-state index contributed by atoms with van der Waals surface area (Å²) in [6, 6.07) is 5.30. The standard InChI is InChI=1S/C23H22F3N7O/c1-32-8-4-14(5-9-32)19-30-31-20(34-19)21-11-22(21,23(24,25)26)13-33(12-21)16-3-2-15(10-27)17-18(16)29-7-6-28-17/h2-3,6-7,14H,4-5,8-9,11-13H2,1H3/t21-,22-/m0/s1. The second-order valence-corrected chi connectivity index (χ2v) is 9.72. The van der Waals surface area contributed by atoms with E-state index in [0.717, 1.165) is 25.9 Å². The van der Waals surface area contributed by atoms with Crippen LogP contribution in [0.15, 0.2) is 28.9 Å². The lowest BCUT2D eigenvalue weighted by Gasteiger charge is -2.26. The van der Waals surface area contributed by atoms with E-state index in [4.69, 9.17) is 4.42 Å². The number of fused-ring (bicyclic) bond motifs is 2. The first-order valence-corrected chi connectivity index (χ1v) is 11.3. The number of alkyl halides is 3. The first kappa shape index (κ1) is 21.3. The van der Waals surface area contributed by atoms with Crippen LogP contribution < -0.4 is 4.90 Å². The zero-order valence-corrected chi connectivity index (χ0v) is 18.5. The summed E-state index contributed by atoms with van der Waals surface area (Å²) in [6.07, 6.45) is 0.128. The number of benzene rings is 1. The van der Waals surface area contributed by atoms with Gasteiger partial charge in [-0.3, -0.25) is 9.97 Å². The molecule has 3 aromatic rings. The number of halogens is 3. The molecule has 2 aliphatic heterocycles. The van der Waals surface area contributed by atoms with Crippen LogP contribution in [0.3, 0.4) is 0 Å². The second-order valence-electron chi connectivity index (χ2n) is 9.72. The fourth-order valence-electron chi connectivity index (χ4n) is 5.81. The Hall–Kier alpha value is -3.26. The van der Waals surface area contributed by atoms with Crippen LogP contribution in [-0.4, -0.2) is 64.5 Å². The largest absolute Gasteiger partial charge is 0.424 e. The summed E-state index contributed by atoms with van der Waals surface area (Å²) in [4.78, 5) is 12.5. The summed E-state index contributed by atoms with van der Waals surface area (Å²) in [5, 5.41) is 17.7. The second kappa shape index (κ2) is 7.12. The number of nitrogens with zero attached hydrogens (tertiary/aromatic N) is 7. The molecule has 0 amide bonds. The van der Waals surface area contributed by atoms with E-state index in [-0.39, 0.29) is 31.3 Å². The molecule has 8 nitrogen and oxygen atoms in total. The summed E-state index contributed by atoms with van der Waals surface area (Å²) >= 11 is 0. The molecule has 2 atom stereocenters. The van der Waals surface area contributed by atoms with Crippen molar-refractivity contribution in [1.82, 2.24) is 25.1 Å². The van der Waals surface area contributed by atoms with Gasteiger partial charge in [-0.15, -0.1) is 10.2 Å². The Morgan fingerprint density at radius 1 is 1.09 bits per heavy atom. The average Bonchev–Trinajstić information content (AvgIpc) is 3.14. The maximum absolute atomic E-state index is 14.5. The number of hydrogen-bond donors (Lipinski definition) is 0. The van der Waals surface area contributed by atoms with Crippen LogP contribution in [0.4, 0.5) is 18.9 Å². The molecule has 1 saturated carbocycles. The topological polar surface area (TPSA) is 95.0 Å². The molecule has 0 N–H and O–H groups in total. The molecule has 4 heterocycles. The van der Waals surface area contributed by atoms with Gasteiger partial charge in [0.2, 0.25) is 11.8 Å². The van der Waals surface area contributed by atoms with Gasteiger partial charge in [0.25, 0.3) is 0 Å². The predicted molar refractivity (Wildman–Crippen MR) is 115 cm³/mol. The molecule has 6 rings (SSSR count). The van der Waals surface area contributed by atoms with Crippen molar-refractivity contribution in [3.05, 3.63) is 41.9 Å². The normalized spacial score (nSPS) is 27.7. The molecule has 2 saturated heterocycles. The van der Waals surface area contributed by atoms with Gasteiger partial charge in [-0.25, -0.2) is 0 Å². The molecule has 0 radical (unpaired) electrons. The molecule has 2 aromatic heterocycles. The lowest BCUT2D eigenvalue weighted by molar-refractivity contribution is -0.187. The first-order chi connectivity index (χ1) is 16.3. The van der Waals surface area contributed by atoms with Crippen LogP contribution in [0, 0.1) is 16.7 Å². The zero-order chi connectivity index (χ0) is 23.7. The van der Waals surface area contributed by atoms with Gasteiger partial charge in [0.15, 0.2) is 0 Å². The highest BCUT2D eigenvalue weighted by Gasteiger charge is 2.86. The molecule has 3 fully saturated rings. The Morgan fingerprint density at radius 3 is 2.53 bits per heavy atom. The lowest BCUT2D eigenvalue weighted by atomic mass is 9.95. The van der Waals surface area contributed by atoms with E-state index in [1.54, 1.807) is 17.0 Å². The van der Waals surface area contributed by atoms with E-state index in [1.165, 1.54) is 12.4 Å². The highest BCUT2D eigenvalue weighted by atomic mass is 19.4. The maximum atomic E-state index is 14.5. The molecule has 176 valence electrons. The summed E-state index contributed by atoms with van der Waals surface area (Å²) in [5.74, 6) is 0.585. The Bertz CT molecular complexity index is 1310. The number of piperidine rings is 2. The molecular formula is C23H22F3N7O. The Kier molecular flexibility index (Phi) is 4.46. The summed E-state index contributed by atoms with van der Waals surface area (Å²) in [5.41, 5.74) is -1.61. The van der Waals surface area contributed by atoms with Crippen LogP contribution in [0.1, 0.15) is 42.5 Å². The zero-order valence-electron chi connectivity index (χ0n) is 18.5. The molecule has 0 spiro atoms. The van der Waals surface area contributed by atoms with Crippen molar-refractivity contribution < 1.29 is 17.6 Å². The summed E-state index contributed by atoms with van der Waals surface area (Å²) in [7, 11) is 2.04. The van der Waals surface area contributed by atoms with E-state index in [0.29, 0.717) is 28.2 Å². The highest BCUT2D eigenvalue weighted by Crippen LogP contribution is 2.75. The number of anilines is 1. The maximum Gasteiger partial charge on any atom is 0.397 e. The smallest absolute Gasteiger partial charge is 0.397 e. The van der Waals surface area contributed by atoms with E-state index < -0.39 is 17.0 Å². The monoisotopic (exact) mass is 469 g/mol. The Morgan fingerprint density at radius 2 is 1.82 bits per heavy atom. The third-order valence-electron chi connectivity index (χ3n) is 7.84. The molecule has 11 heteroatoms. The quantitative estimate of drug-likeness (QED) is 0.576. The molecule has 0 bridgehead atoms. The van der Waals surface area contributed by atoms with Crippen molar-refractivity contribution >= 4 is 16.7 Å². The Labute approximate surface area is 193 Å². The van der Waals surface area contributed by atoms with Gasteiger partial charge in [0.05, 0.1) is 16.7 Å². The van der Waals surface area contributed by atoms with Crippen LogP contribution >= 0.6 is 0 Å². The molecule has 0 unspecified atom stereocenters. The van der Waals surface area contributed by atoms with Gasteiger partial charge < -0.3 is 14.2 Å². The molecular weight excluding hydrogens is 447 g/mol. The summed E-state index contributed by atoms with van der Waals surface area (Å²) < 4.78 is 49.3. The fourth-order valence-corrected chi connectivity index (χ4v) is 5.81. The van der Waals surface area contributed by atoms with Gasteiger partial charge in [0, 0.05) is 31.4 Å². The first-order valence-electron chi connectivity index (χ1n) is 11.3. The van der Waals surface area contributed by atoms with Gasteiger partial charge in [-0.1, -0.05) is 0 Å². The summed E-state index contributed by atoms with van der Waals surface area (Å²) in [6.45, 7) is 1.63. The number of aromatic nitrogens is 4. The lowest BCUT2D eigenvalue weighted by Crippen LogP contribution is -2.34. The van der Waals surface area contributed by atoms with Crippen LogP contribution in [0.5, 0.6) is 0 Å². The van der Waals surface area contributed by atoms with Crippen molar-refractivity contribution in [2.45, 2.75) is 36.8 Å². The molecule has 1 aromatic carbocycles. The van der Waals surface area contributed by atoms with Crippen molar-refractivity contribution in [2.24, 2.45) is 5.41 Å². The number of likely N-dealkylation sites (tertiary alicyclic amines) is 1. The minimum atomic E-state index is -4.43. The van der Waals surface area contributed by atoms with Crippen molar-refractivity contribution in [3.8, 4) is 6.07 Å². The van der Waals surface area contributed by atoms with Crippen LogP contribution in [0.2, 0.25) is 0 Å². The minimum Gasteiger partial charge on any atom is -0.424 e. The Balaban J connectivity index is 1.38. The third-order valence-corrected chi connectivity index (χ3v) is 7.84. The predicted octanol–water partition coefficient (Wildman–Crippen LogP) is 3.40. The van der Waals surface area contributed by atoms with E-state index in [1.807, 2.05) is 7.05 Å². The number of rotatable bonds is 3. The fraction of sp³-hybridized carbons (Fsp3) is 0.522. The van der Waals surface area contributed by atoms with Crippen LogP contribution in [0.25, 0.3) is 11.0 Å². The van der Waals surface area contributed by atoms with Crippen molar-refractivity contribution in [1.29, 1.82) is 5.26 Å². The van der Waals surface area contributed by atoms with Gasteiger partial charge in [-0.2, -0.15) is 18.4 Å². The van der Waals surface area contributed by atoms with Crippen LogP contribution in [-0.2, 0) is 5.41 Å². The van der Waals surface area contributed by atoms with Crippen molar-refractivity contribution in [2.75, 3.05) is 38.1 Å². The molecule has 1 aliphatic carbocycles. The number of nitriles is 1. The SMILES string of the molecule is CN1CCC(c2nnc([C@]34CN(c5ccc(C#N)c6nccnc56)C[C@@]3(C(F)(F)F)C4)o2)CC1. The van der Waals surface area contributed by atoms with E-state index >= 15 is 0 Å². The molecule has 3 aliphatic rings. The van der Waals surface area contributed by atoms with Crippen molar-refractivity contribution in [3.63, 3.8) is 0 Å². The van der Waals surface area contributed by atoms with Gasteiger partial charge >= 0.3 is 6.18 Å². The molecule has 34 heavy (non-hydrogen) atoms. The third kappa shape index (κ3) is 2.87. The van der Waals surface area contributed by atoms with E-state index in [9.17, 15) is 18.4 Å².